The first-order valence-electron chi connectivity index (χ1n) is 6.71. The maximum Gasteiger partial charge on any atom is 0.287 e. The molecular formula is C16H15N3O3. The molecule has 2 rings (SSSR count). The van der Waals surface area contributed by atoms with E-state index in [1.807, 2.05) is 0 Å². The number of carbonyl (C=O) groups excluding carboxylic acids is 2. The first-order chi connectivity index (χ1) is 10.6. The summed E-state index contributed by atoms with van der Waals surface area (Å²) >= 11 is 0. The number of carbonyl (C=O) groups is 2. The fraction of sp³-hybridized carbons (Fsp3) is 0.188. The predicted octanol–water partition coefficient (Wildman–Crippen LogP) is 2.10. The molecule has 22 heavy (non-hydrogen) atoms. The molecule has 6 heteroatoms. The molecule has 0 saturated carbocycles. The van der Waals surface area contributed by atoms with E-state index in [4.69, 9.17) is 9.68 Å². The molecule has 1 heterocycles. The molecule has 2 amide bonds. The van der Waals surface area contributed by atoms with Gasteiger partial charge in [0.1, 0.15) is 6.04 Å². The van der Waals surface area contributed by atoms with Gasteiger partial charge in [0.05, 0.1) is 18.8 Å². The van der Waals surface area contributed by atoms with Gasteiger partial charge in [0.2, 0.25) is 5.91 Å². The lowest BCUT2D eigenvalue weighted by molar-refractivity contribution is -0.117. The van der Waals surface area contributed by atoms with E-state index in [1.165, 1.54) is 12.3 Å². The highest BCUT2D eigenvalue weighted by Crippen LogP contribution is 2.10. The number of benzene rings is 1. The third kappa shape index (κ3) is 3.96. The summed E-state index contributed by atoms with van der Waals surface area (Å²) in [5, 5.41) is 13.8. The van der Waals surface area contributed by atoms with Crippen LogP contribution in [-0.4, -0.2) is 17.9 Å². The lowest BCUT2D eigenvalue weighted by Crippen LogP contribution is -2.41. The quantitative estimate of drug-likeness (QED) is 0.883. The van der Waals surface area contributed by atoms with E-state index >= 15 is 0 Å². The minimum atomic E-state index is -0.712. The second-order valence-corrected chi connectivity index (χ2v) is 4.69. The van der Waals surface area contributed by atoms with Gasteiger partial charge in [-0.25, -0.2) is 0 Å². The van der Waals surface area contributed by atoms with Crippen LogP contribution in [0.2, 0.25) is 0 Å². The van der Waals surface area contributed by atoms with Crippen LogP contribution in [0.3, 0.4) is 0 Å². The zero-order chi connectivity index (χ0) is 15.9. The average Bonchev–Trinajstić information content (AvgIpc) is 3.04. The Morgan fingerprint density at radius 1 is 1.27 bits per heavy atom. The Hall–Kier alpha value is -3.07. The molecule has 0 saturated heterocycles. The van der Waals surface area contributed by atoms with Gasteiger partial charge in [-0.3, -0.25) is 9.59 Å². The van der Waals surface area contributed by atoms with Crippen LogP contribution in [-0.2, 0) is 11.2 Å². The Morgan fingerprint density at radius 3 is 2.59 bits per heavy atom. The molecule has 0 spiro atoms. The van der Waals surface area contributed by atoms with Gasteiger partial charge >= 0.3 is 0 Å². The maximum absolute atomic E-state index is 12.0. The van der Waals surface area contributed by atoms with E-state index in [0.29, 0.717) is 12.1 Å². The summed E-state index contributed by atoms with van der Waals surface area (Å²) in [6, 6.07) is 11.4. The molecular weight excluding hydrogens is 282 g/mol. The highest BCUT2D eigenvalue weighted by molar-refractivity contribution is 5.99. The minimum Gasteiger partial charge on any atom is -0.459 e. The van der Waals surface area contributed by atoms with Gasteiger partial charge in [0.15, 0.2) is 5.76 Å². The molecule has 0 aliphatic heterocycles. The fourth-order valence-electron chi connectivity index (χ4n) is 1.79. The fourth-order valence-corrected chi connectivity index (χ4v) is 1.79. The van der Waals surface area contributed by atoms with Crippen LogP contribution in [0.5, 0.6) is 0 Å². The maximum atomic E-state index is 12.0. The Labute approximate surface area is 127 Å². The number of furan rings is 1. The Kier molecular flexibility index (Phi) is 4.94. The van der Waals surface area contributed by atoms with Crippen LogP contribution in [0.15, 0.2) is 47.1 Å². The summed E-state index contributed by atoms with van der Waals surface area (Å²) in [5.74, 6) is -0.634. The second-order valence-electron chi connectivity index (χ2n) is 4.69. The van der Waals surface area contributed by atoms with Crippen molar-refractivity contribution in [1.29, 1.82) is 5.26 Å². The molecule has 112 valence electrons. The number of nitrogens with zero attached hydrogens (tertiary/aromatic N) is 1. The van der Waals surface area contributed by atoms with Crippen molar-refractivity contribution in [2.45, 2.75) is 19.4 Å². The second kappa shape index (κ2) is 7.09. The summed E-state index contributed by atoms with van der Waals surface area (Å²) in [4.78, 5) is 23.8. The molecule has 6 nitrogen and oxygen atoms in total. The topological polar surface area (TPSA) is 95.1 Å². The van der Waals surface area contributed by atoms with Gasteiger partial charge in [-0.1, -0.05) is 12.1 Å². The Balaban J connectivity index is 1.91. The van der Waals surface area contributed by atoms with Crippen LogP contribution in [0.1, 0.15) is 23.0 Å². The van der Waals surface area contributed by atoms with E-state index in [2.05, 4.69) is 16.7 Å². The molecule has 2 aromatic rings. The normalized spacial score (nSPS) is 11.3. The van der Waals surface area contributed by atoms with Gasteiger partial charge in [0, 0.05) is 5.69 Å². The van der Waals surface area contributed by atoms with Gasteiger partial charge in [0.25, 0.3) is 5.91 Å². The number of amides is 2. The number of hydrogen-bond donors (Lipinski definition) is 2. The number of rotatable bonds is 5. The third-order valence-corrected chi connectivity index (χ3v) is 2.99. The van der Waals surface area contributed by atoms with Crippen molar-refractivity contribution in [3.63, 3.8) is 0 Å². The average molecular weight is 297 g/mol. The van der Waals surface area contributed by atoms with Crippen molar-refractivity contribution < 1.29 is 14.0 Å². The zero-order valence-corrected chi connectivity index (χ0v) is 12.0. The molecule has 1 atom stereocenters. The van der Waals surface area contributed by atoms with Crippen LogP contribution < -0.4 is 10.6 Å². The molecule has 0 radical (unpaired) electrons. The summed E-state index contributed by atoms with van der Waals surface area (Å²) in [6.45, 7) is 1.58. The van der Waals surface area contributed by atoms with E-state index in [-0.39, 0.29) is 11.7 Å². The molecule has 2 N–H and O–H groups in total. The molecule has 0 fully saturated rings. The monoisotopic (exact) mass is 297 g/mol. The number of hydrogen-bond acceptors (Lipinski definition) is 4. The molecule has 0 aliphatic carbocycles. The van der Waals surface area contributed by atoms with Gasteiger partial charge in [-0.15, -0.1) is 0 Å². The van der Waals surface area contributed by atoms with Crippen molar-refractivity contribution in [2.24, 2.45) is 0 Å². The first kappa shape index (κ1) is 15.3. The summed E-state index contributed by atoms with van der Waals surface area (Å²) in [7, 11) is 0. The van der Waals surface area contributed by atoms with E-state index in [1.54, 1.807) is 37.3 Å². The van der Waals surface area contributed by atoms with Crippen molar-refractivity contribution in [3.05, 3.63) is 54.0 Å². The lowest BCUT2D eigenvalue weighted by Gasteiger charge is -2.13. The third-order valence-electron chi connectivity index (χ3n) is 2.99. The van der Waals surface area contributed by atoms with Crippen LogP contribution in [0, 0.1) is 11.3 Å². The molecule has 1 unspecified atom stereocenters. The SMILES string of the molecule is CC(NC(=O)c1ccco1)C(=O)Nc1ccc(CC#N)cc1. The Morgan fingerprint density at radius 2 is 2.00 bits per heavy atom. The summed E-state index contributed by atoms with van der Waals surface area (Å²) in [6.07, 6.45) is 1.71. The molecule has 1 aromatic carbocycles. The highest BCUT2D eigenvalue weighted by atomic mass is 16.3. The smallest absolute Gasteiger partial charge is 0.287 e. The van der Waals surface area contributed by atoms with Gasteiger partial charge in [-0.2, -0.15) is 5.26 Å². The van der Waals surface area contributed by atoms with Gasteiger partial charge < -0.3 is 15.1 Å². The zero-order valence-electron chi connectivity index (χ0n) is 12.0. The van der Waals surface area contributed by atoms with Crippen LogP contribution in [0.25, 0.3) is 0 Å². The molecule has 1 aromatic heterocycles. The Bertz CT molecular complexity index is 684. The predicted molar refractivity (Wildman–Crippen MR) is 80.0 cm³/mol. The van der Waals surface area contributed by atoms with Crippen molar-refractivity contribution in [3.8, 4) is 6.07 Å². The van der Waals surface area contributed by atoms with Crippen LogP contribution >= 0.6 is 0 Å². The van der Waals surface area contributed by atoms with E-state index in [9.17, 15) is 9.59 Å². The lowest BCUT2D eigenvalue weighted by atomic mass is 10.1. The van der Waals surface area contributed by atoms with Crippen molar-refractivity contribution in [2.75, 3.05) is 5.32 Å². The number of nitriles is 1. The number of anilines is 1. The minimum absolute atomic E-state index is 0.153. The summed E-state index contributed by atoms with van der Waals surface area (Å²) < 4.78 is 4.96. The van der Waals surface area contributed by atoms with Crippen molar-refractivity contribution in [1.82, 2.24) is 5.32 Å². The largest absolute Gasteiger partial charge is 0.459 e. The standard InChI is InChI=1S/C16H15N3O3/c1-11(18-16(21)14-3-2-10-22-14)15(20)19-13-6-4-12(5-7-13)8-9-17/h2-7,10-11H,8H2,1H3,(H,18,21)(H,19,20). The number of nitrogens with one attached hydrogen (secondary N) is 2. The van der Waals surface area contributed by atoms with E-state index in [0.717, 1.165) is 5.56 Å². The van der Waals surface area contributed by atoms with E-state index < -0.39 is 11.9 Å². The van der Waals surface area contributed by atoms with Gasteiger partial charge in [-0.05, 0) is 36.8 Å². The summed E-state index contributed by atoms with van der Waals surface area (Å²) in [5.41, 5.74) is 1.48. The first-order valence-corrected chi connectivity index (χ1v) is 6.71. The van der Waals surface area contributed by atoms with Crippen molar-refractivity contribution >= 4 is 17.5 Å². The molecule has 0 bridgehead atoms. The highest BCUT2D eigenvalue weighted by Gasteiger charge is 2.18. The van der Waals surface area contributed by atoms with Crippen LogP contribution in [0.4, 0.5) is 5.69 Å². The molecule has 0 aliphatic rings.